The summed E-state index contributed by atoms with van der Waals surface area (Å²) in [4.78, 5) is 20.2. The molecule has 1 aliphatic rings. The lowest BCUT2D eigenvalue weighted by Crippen LogP contribution is -2.17. The van der Waals surface area contributed by atoms with E-state index in [0.29, 0.717) is 36.4 Å². The van der Waals surface area contributed by atoms with Gasteiger partial charge in [0.25, 0.3) is 0 Å². The van der Waals surface area contributed by atoms with Gasteiger partial charge in [-0.1, -0.05) is 12.1 Å². The van der Waals surface area contributed by atoms with Crippen molar-refractivity contribution in [1.82, 2.24) is 9.97 Å². The molecule has 0 amide bonds. The molecule has 4 rings (SSSR count). The number of methoxy groups -OCH3 is 1. The van der Waals surface area contributed by atoms with Crippen LogP contribution in [0.25, 0.3) is 11.3 Å². The first-order chi connectivity index (χ1) is 15.7. The van der Waals surface area contributed by atoms with Crippen LogP contribution in [0.1, 0.15) is 29.2 Å². The van der Waals surface area contributed by atoms with Gasteiger partial charge in [-0.3, -0.25) is 9.78 Å². The van der Waals surface area contributed by atoms with Gasteiger partial charge in [0.1, 0.15) is 11.5 Å². The summed E-state index contributed by atoms with van der Waals surface area (Å²) < 4.78 is 46.1. The van der Waals surface area contributed by atoms with Crippen molar-refractivity contribution in [3.05, 3.63) is 71.7 Å². The topological polar surface area (TPSA) is 81.5 Å². The van der Waals surface area contributed by atoms with Gasteiger partial charge >= 0.3 is 12.3 Å². The fourth-order valence-corrected chi connectivity index (χ4v) is 3.74. The molecule has 0 unspecified atom stereocenters. The van der Waals surface area contributed by atoms with Crippen molar-refractivity contribution in [1.29, 1.82) is 0 Å². The first-order valence-electron chi connectivity index (χ1n) is 10.3. The zero-order valence-electron chi connectivity index (χ0n) is 17.7. The number of ether oxygens (including phenoxy) is 2. The summed E-state index contributed by atoms with van der Waals surface area (Å²) >= 11 is 0. The van der Waals surface area contributed by atoms with Gasteiger partial charge < -0.3 is 14.6 Å². The van der Waals surface area contributed by atoms with Crippen molar-refractivity contribution in [3.8, 4) is 22.8 Å². The van der Waals surface area contributed by atoms with Gasteiger partial charge in [0.15, 0.2) is 0 Å². The highest BCUT2D eigenvalue weighted by molar-refractivity contribution is 5.75. The quantitative estimate of drug-likeness (QED) is 0.510. The van der Waals surface area contributed by atoms with Crippen LogP contribution in [0, 0.1) is 5.92 Å². The van der Waals surface area contributed by atoms with Crippen LogP contribution in [0.15, 0.2) is 54.9 Å². The second-order valence-electron chi connectivity index (χ2n) is 7.84. The third-order valence-electron chi connectivity index (χ3n) is 5.51. The summed E-state index contributed by atoms with van der Waals surface area (Å²) in [5.41, 5.74) is 3.90. The van der Waals surface area contributed by atoms with E-state index < -0.39 is 18.2 Å². The third kappa shape index (κ3) is 5.60. The molecule has 0 aliphatic heterocycles. The number of benzene rings is 1. The number of aliphatic carboxylic acids is 1. The lowest BCUT2D eigenvalue weighted by atomic mass is 10.0. The predicted octanol–water partition coefficient (Wildman–Crippen LogP) is 5.02. The third-order valence-corrected chi connectivity index (χ3v) is 5.51. The Bertz CT molecular complexity index is 1150. The number of alkyl halides is 3. The maximum Gasteiger partial charge on any atom is 0.573 e. The second kappa shape index (κ2) is 9.09. The van der Waals surface area contributed by atoms with E-state index in [1.54, 1.807) is 36.7 Å². The molecule has 1 aromatic carbocycles. The lowest BCUT2D eigenvalue weighted by molar-refractivity contribution is -0.274. The molecular formula is C24H21F3N2O4. The maximum atomic E-state index is 12.3. The molecule has 0 spiro atoms. The molecule has 33 heavy (non-hydrogen) atoms. The number of hydrogen-bond acceptors (Lipinski definition) is 5. The van der Waals surface area contributed by atoms with Gasteiger partial charge in [-0.05, 0) is 60.7 Å². The van der Waals surface area contributed by atoms with Gasteiger partial charge in [0.05, 0.1) is 24.4 Å². The van der Waals surface area contributed by atoms with E-state index >= 15 is 0 Å². The first kappa shape index (κ1) is 22.6. The minimum Gasteiger partial charge on any atom is -0.495 e. The average Bonchev–Trinajstić information content (AvgIpc) is 3.59. The Labute approximate surface area is 188 Å². The van der Waals surface area contributed by atoms with Gasteiger partial charge in [-0.15, -0.1) is 13.2 Å². The van der Waals surface area contributed by atoms with Crippen LogP contribution in [0.5, 0.6) is 11.5 Å². The molecule has 1 aliphatic carbocycles. The normalized spacial score (nSPS) is 17.5. The van der Waals surface area contributed by atoms with Crippen molar-refractivity contribution in [3.63, 3.8) is 0 Å². The van der Waals surface area contributed by atoms with Crippen LogP contribution in [-0.4, -0.2) is 34.5 Å². The van der Waals surface area contributed by atoms with E-state index in [4.69, 9.17) is 4.74 Å². The number of halogens is 3. The summed E-state index contributed by atoms with van der Waals surface area (Å²) in [6.45, 7) is 0. The first-order valence-corrected chi connectivity index (χ1v) is 10.3. The Morgan fingerprint density at radius 3 is 2.45 bits per heavy atom. The fraction of sp³-hybridized carbons (Fsp3) is 0.292. The molecule has 0 bridgehead atoms. The molecule has 2 heterocycles. The second-order valence-corrected chi connectivity index (χ2v) is 7.84. The Hall–Kier alpha value is -3.62. The van der Waals surface area contributed by atoms with Crippen molar-refractivity contribution in [2.24, 2.45) is 5.92 Å². The molecule has 9 heteroatoms. The predicted molar refractivity (Wildman–Crippen MR) is 113 cm³/mol. The van der Waals surface area contributed by atoms with Crippen LogP contribution in [0.2, 0.25) is 0 Å². The molecule has 1 N–H and O–H groups in total. The van der Waals surface area contributed by atoms with E-state index in [1.165, 1.54) is 19.2 Å². The van der Waals surface area contributed by atoms with Crippen molar-refractivity contribution < 1.29 is 32.5 Å². The molecule has 1 fully saturated rings. The number of carboxylic acids is 1. The van der Waals surface area contributed by atoms with Crippen molar-refractivity contribution in [2.45, 2.75) is 31.5 Å². The van der Waals surface area contributed by atoms with Gasteiger partial charge in [-0.25, -0.2) is 4.98 Å². The average molecular weight is 458 g/mol. The van der Waals surface area contributed by atoms with Crippen molar-refractivity contribution in [2.75, 3.05) is 7.11 Å². The molecule has 1 saturated carbocycles. The number of rotatable bonds is 8. The Balaban J connectivity index is 1.46. The monoisotopic (exact) mass is 458 g/mol. The molecule has 2 aromatic heterocycles. The zero-order chi connectivity index (χ0) is 23.6. The Kier molecular flexibility index (Phi) is 6.22. The highest BCUT2D eigenvalue weighted by atomic mass is 19.4. The summed E-state index contributed by atoms with van der Waals surface area (Å²) in [5.74, 6) is -1.14. The van der Waals surface area contributed by atoms with Gasteiger partial charge in [-0.2, -0.15) is 0 Å². The number of aryl methyl sites for hydroxylation is 2. The van der Waals surface area contributed by atoms with Gasteiger partial charge in [0.2, 0.25) is 0 Å². The fourth-order valence-electron chi connectivity index (χ4n) is 3.74. The number of hydrogen-bond donors (Lipinski definition) is 1. The van der Waals surface area contributed by atoms with E-state index in [9.17, 15) is 23.1 Å². The van der Waals surface area contributed by atoms with Crippen LogP contribution in [0.3, 0.4) is 0 Å². The van der Waals surface area contributed by atoms with Crippen LogP contribution in [0.4, 0.5) is 13.2 Å². The van der Waals surface area contributed by atoms with Gasteiger partial charge in [0, 0.05) is 23.9 Å². The highest BCUT2D eigenvalue weighted by Gasteiger charge is 2.46. The number of pyridine rings is 2. The van der Waals surface area contributed by atoms with E-state index in [2.05, 4.69) is 14.7 Å². The summed E-state index contributed by atoms with van der Waals surface area (Å²) in [5, 5.41) is 9.25. The lowest BCUT2D eigenvalue weighted by Gasteiger charge is -2.11. The number of carboxylic acid groups (broad SMARTS) is 1. The number of aromatic nitrogens is 2. The Morgan fingerprint density at radius 2 is 1.82 bits per heavy atom. The molecule has 6 nitrogen and oxygen atoms in total. The van der Waals surface area contributed by atoms with E-state index in [1.807, 2.05) is 6.07 Å². The SMILES string of the molecule is COc1ccc(-c2cncc(CCc3ccc(OC(F)(F)F)cc3)c2)nc1[C@@H]1C[C@H]1C(=O)O. The molecule has 172 valence electrons. The molecule has 3 aromatic rings. The Morgan fingerprint density at radius 1 is 1.09 bits per heavy atom. The molecule has 0 radical (unpaired) electrons. The van der Waals surface area contributed by atoms with Crippen molar-refractivity contribution >= 4 is 5.97 Å². The molecular weight excluding hydrogens is 437 g/mol. The number of nitrogens with zero attached hydrogens (tertiary/aromatic N) is 2. The summed E-state index contributed by atoms with van der Waals surface area (Å²) in [7, 11) is 1.53. The minimum atomic E-state index is -4.71. The largest absolute Gasteiger partial charge is 0.573 e. The standard InChI is InChI=1S/C24H21F3N2O4/c1-32-21-9-8-20(29-22(21)18-11-19(18)23(30)31)16-10-15(12-28-13-16)3-2-14-4-6-17(7-5-14)33-24(25,26)27/h4-10,12-13,18-19H,2-3,11H2,1H3,(H,30,31)/t18-,19-/m1/s1. The smallest absolute Gasteiger partial charge is 0.495 e. The molecule has 0 saturated heterocycles. The van der Waals surface area contributed by atoms with E-state index in [0.717, 1.165) is 16.7 Å². The minimum absolute atomic E-state index is 0.169. The summed E-state index contributed by atoms with van der Waals surface area (Å²) in [6.07, 6.45) is 0.488. The van der Waals surface area contributed by atoms with Crippen LogP contribution >= 0.6 is 0 Å². The highest BCUT2D eigenvalue weighted by Crippen LogP contribution is 2.50. The number of carbonyl (C=O) groups is 1. The molecule has 2 atom stereocenters. The summed E-state index contributed by atoms with van der Waals surface area (Å²) in [6, 6.07) is 11.3. The van der Waals surface area contributed by atoms with Crippen LogP contribution < -0.4 is 9.47 Å². The maximum absolute atomic E-state index is 12.3. The van der Waals surface area contributed by atoms with Crippen LogP contribution in [-0.2, 0) is 17.6 Å². The zero-order valence-corrected chi connectivity index (χ0v) is 17.7. The van der Waals surface area contributed by atoms with E-state index in [-0.39, 0.29) is 11.7 Å².